The van der Waals surface area contributed by atoms with Gasteiger partial charge < -0.3 is 9.30 Å². The molecule has 98 valence electrons. The largest absolute Gasteiger partial charge is 0.377 e. The number of rotatable bonds is 0. The number of hydrogen-bond donors (Lipinski definition) is 1. The van der Waals surface area contributed by atoms with Crippen molar-refractivity contribution in [2.24, 2.45) is 7.05 Å². The normalized spacial score (nSPS) is 19.2. The van der Waals surface area contributed by atoms with Crippen molar-refractivity contribution < 1.29 is 9.13 Å². The van der Waals surface area contributed by atoms with Gasteiger partial charge in [-0.15, -0.1) is 0 Å². The minimum atomic E-state index is -0.346. The molecule has 4 nitrogen and oxygen atoms in total. The van der Waals surface area contributed by atoms with Crippen molar-refractivity contribution >= 4 is 11.0 Å². The quantitative estimate of drug-likeness (QED) is 0.719. The van der Waals surface area contributed by atoms with Gasteiger partial charge in [-0.1, -0.05) is 11.8 Å². The molecule has 1 saturated heterocycles. The molecular formula is C14H14FN3O. The second-order valence-corrected chi connectivity index (χ2v) is 4.53. The van der Waals surface area contributed by atoms with Crippen molar-refractivity contribution in [3.05, 3.63) is 29.8 Å². The summed E-state index contributed by atoms with van der Waals surface area (Å²) in [6.45, 7) is 2.12. The van der Waals surface area contributed by atoms with Crippen LogP contribution in [0.2, 0.25) is 0 Å². The summed E-state index contributed by atoms with van der Waals surface area (Å²) in [5, 5.41) is 4.00. The summed E-state index contributed by atoms with van der Waals surface area (Å²) in [4.78, 5) is 4.08. The standard InChI is InChI=1S/C14H14FN3O/c1-18-8-10(2-3-12-9-19-5-4-16-12)13-6-11(15)7-17-14(13)18/h6-8,12,16H,4-5,9H2,1H3. The minimum absolute atomic E-state index is 0.0329. The molecule has 2 aromatic rings. The highest BCUT2D eigenvalue weighted by Gasteiger charge is 2.10. The highest BCUT2D eigenvalue weighted by Crippen LogP contribution is 2.18. The van der Waals surface area contributed by atoms with Gasteiger partial charge in [0.05, 0.1) is 31.0 Å². The highest BCUT2D eigenvalue weighted by molar-refractivity contribution is 5.83. The second-order valence-electron chi connectivity index (χ2n) is 4.53. The molecule has 1 aliphatic rings. The van der Waals surface area contributed by atoms with E-state index in [0.717, 1.165) is 29.7 Å². The van der Waals surface area contributed by atoms with E-state index in [4.69, 9.17) is 4.74 Å². The maximum Gasteiger partial charge on any atom is 0.142 e. The highest BCUT2D eigenvalue weighted by atomic mass is 19.1. The molecular weight excluding hydrogens is 245 g/mol. The number of hydrogen-bond acceptors (Lipinski definition) is 3. The third-order valence-electron chi connectivity index (χ3n) is 3.08. The number of pyridine rings is 1. The van der Waals surface area contributed by atoms with E-state index in [9.17, 15) is 4.39 Å². The van der Waals surface area contributed by atoms with E-state index in [1.54, 1.807) is 0 Å². The average molecular weight is 259 g/mol. The van der Waals surface area contributed by atoms with E-state index in [1.807, 2.05) is 17.8 Å². The Labute approximate surface area is 110 Å². The topological polar surface area (TPSA) is 39.1 Å². The zero-order valence-electron chi connectivity index (χ0n) is 10.6. The van der Waals surface area contributed by atoms with Crippen LogP contribution in [0.5, 0.6) is 0 Å². The Morgan fingerprint density at radius 1 is 1.58 bits per heavy atom. The first-order chi connectivity index (χ1) is 9.24. The average Bonchev–Trinajstić information content (AvgIpc) is 2.74. The zero-order chi connectivity index (χ0) is 13.2. The molecule has 2 aromatic heterocycles. The first-order valence-corrected chi connectivity index (χ1v) is 6.17. The predicted octanol–water partition coefficient (Wildman–Crippen LogP) is 1.05. The maximum absolute atomic E-state index is 13.3. The van der Waals surface area contributed by atoms with Gasteiger partial charge in [0.15, 0.2) is 0 Å². The Kier molecular flexibility index (Phi) is 3.20. The van der Waals surface area contributed by atoms with Gasteiger partial charge in [-0.2, -0.15) is 0 Å². The summed E-state index contributed by atoms with van der Waals surface area (Å²) in [7, 11) is 1.88. The maximum atomic E-state index is 13.3. The molecule has 1 fully saturated rings. The van der Waals surface area contributed by atoms with Gasteiger partial charge in [0, 0.05) is 25.2 Å². The van der Waals surface area contributed by atoms with Crippen molar-refractivity contribution in [1.29, 1.82) is 0 Å². The molecule has 3 rings (SSSR count). The number of fused-ring (bicyclic) bond motifs is 1. The lowest BCUT2D eigenvalue weighted by Gasteiger charge is -2.18. The summed E-state index contributed by atoms with van der Waals surface area (Å²) in [6, 6.07) is 1.50. The lowest BCUT2D eigenvalue weighted by Crippen LogP contribution is -2.40. The van der Waals surface area contributed by atoms with Crippen molar-refractivity contribution in [3.63, 3.8) is 0 Å². The monoisotopic (exact) mass is 259 g/mol. The van der Waals surface area contributed by atoms with Crippen LogP contribution in [0.15, 0.2) is 18.5 Å². The Hall–Kier alpha value is -1.90. The van der Waals surface area contributed by atoms with E-state index in [-0.39, 0.29) is 11.9 Å². The number of morpholine rings is 1. The lowest BCUT2D eigenvalue weighted by molar-refractivity contribution is 0.0925. The summed E-state index contributed by atoms with van der Waals surface area (Å²) in [5.41, 5.74) is 1.52. The van der Waals surface area contributed by atoms with Crippen LogP contribution in [-0.2, 0) is 11.8 Å². The molecule has 3 heterocycles. The van der Waals surface area contributed by atoms with Gasteiger partial charge >= 0.3 is 0 Å². The summed E-state index contributed by atoms with van der Waals surface area (Å²) in [6.07, 6.45) is 3.09. The van der Waals surface area contributed by atoms with Crippen molar-refractivity contribution in [1.82, 2.24) is 14.9 Å². The first-order valence-electron chi connectivity index (χ1n) is 6.17. The van der Waals surface area contributed by atoms with Crippen LogP contribution in [0.25, 0.3) is 11.0 Å². The minimum Gasteiger partial charge on any atom is -0.377 e. The Bertz CT molecular complexity index is 662. The van der Waals surface area contributed by atoms with Gasteiger partial charge in [-0.05, 0) is 6.07 Å². The molecule has 0 saturated carbocycles. The molecule has 0 aliphatic carbocycles. The van der Waals surface area contributed by atoms with E-state index < -0.39 is 0 Å². The van der Waals surface area contributed by atoms with Crippen LogP contribution in [0, 0.1) is 17.7 Å². The van der Waals surface area contributed by atoms with Crippen LogP contribution in [0.4, 0.5) is 4.39 Å². The van der Waals surface area contributed by atoms with E-state index in [0.29, 0.717) is 6.61 Å². The Morgan fingerprint density at radius 2 is 2.47 bits per heavy atom. The van der Waals surface area contributed by atoms with Gasteiger partial charge in [-0.25, -0.2) is 9.37 Å². The van der Waals surface area contributed by atoms with Crippen LogP contribution in [-0.4, -0.2) is 35.4 Å². The van der Waals surface area contributed by atoms with Gasteiger partial charge in [0.25, 0.3) is 0 Å². The lowest BCUT2D eigenvalue weighted by atomic mass is 10.2. The van der Waals surface area contributed by atoms with Crippen molar-refractivity contribution in [3.8, 4) is 11.8 Å². The molecule has 0 bridgehead atoms. The van der Waals surface area contributed by atoms with Crippen LogP contribution in [0.1, 0.15) is 5.56 Å². The van der Waals surface area contributed by atoms with Gasteiger partial charge in [-0.3, -0.25) is 5.32 Å². The number of halogens is 1. The van der Waals surface area contributed by atoms with Crippen LogP contribution < -0.4 is 5.32 Å². The number of nitrogens with zero attached hydrogens (tertiary/aromatic N) is 2. The fraction of sp³-hybridized carbons (Fsp3) is 0.357. The van der Waals surface area contributed by atoms with E-state index in [1.165, 1.54) is 12.3 Å². The molecule has 0 radical (unpaired) electrons. The summed E-state index contributed by atoms with van der Waals surface area (Å²) >= 11 is 0. The molecule has 0 spiro atoms. The molecule has 1 atom stereocenters. The molecule has 19 heavy (non-hydrogen) atoms. The zero-order valence-corrected chi connectivity index (χ0v) is 10.6. The Balaban J connectivity index is 1.96. The van der Waals surface area contributed by atoms with Crippen molar-refractivity contribution in [2.75, 3.05) is 19.8 Å². The number of aryl methyl sites for hydroxylation is 1. The number of aromatic nitrogens is 2. The second kappa shape index (κ2) is 5.00. The third kappa shape index (κ3) is 2.46. The SMILES string of the molecule is Cn1cc(C#CC2COCCN2)c2cc(F)cnc21. The molecule has 1 aliphatic heterocycles. The molecule has 1 N–H and O–H groups in total. The Morgan fingerprint density at radius 3 is 3.26 bits per heavy atom. The molecule has 1 unspecified atom stereocenters. The molecule has 0 aromatic carbocycles. The van der Waals surface area contributed by atoms with Gasteiger partial charge in [0.1, 0.15) is 11.5 Å². The number of nitrogens with one attached hydrogen (secondary N) is 1. The van der Waals surface area contributed by atoms with E-state index in [2.05, 4.69) is 22.1 Å². The molecule has 5 heteroatoms. The van der Waals surface area contributed by atoms with Gasteiger partial charge in [0.2, 0.25) is 0 Å². The smallest absolute Gasteiger partial charge is 0.142 e. The van der Waals surface area contributed by atoms with E-state index >= 15 is 0 Å². The summed E-state index contributed by atoms with van der Waals surface area (Å²) < 4.78 is 20.5. The number of ether oxygens (including phenoxy) is 1. The summed E-state index contributed by atoms with van der Waals surface area (Å²) in [5.74, 6) is 5.85. The van der Waals surface area contributed by atoms with Crippen LogP contribution in [0.3, 0.4) is 0 Å². The fourth-order valence-corrected chi connectivity index (χ4v) is 2.16. The molecule has 0 amide bonds. The third-order valence-corrected chi connectivity index (χ3v) is 3.08. The first kappa shape index (κ1) is 12.2. The fourth-order valence-electron chi connectivity index (χ4n) is 2.16. The van der Waals surface area contributed by atoms with Crippen molar-refractivity contribution in [2.45, 2.75) is 6.04 Å². The van der Waals surface area contributed by atoms with Crippen LogP contribution >= 0.6 is 0 Å². The predicted molar refractivity (Wildman–Crippen MR) is 70.2 cm³/mol.